The number of nitrogens with zero attached hydrogens (tertiary/aromatic N) is 3. The number of aryl methyl sites for hydroxylation is 1. The number of aromatic amines is 1. The number of likely N-dealkylation sites (tertiary alicyclic amines) is 1. The van der Waals surface area contributed by atoms with E-state index in [9.17, 15) is 0 Å². The molecule has 0 unspecified atom stereocenters. The summed E-state index contributed by atoms with van der Waals surface area (Å²) in [5, 5.41) is 15.4. The van der Waals surface area contributed by atoms with Crippen LogP contribution in [0.3, 0.4) is 0 Å². The number of aromatic nitrogens is 2. The molecular formula is C32H42N6. The number of aliphatic imine (C=N–C) groups is 1. The monoisotopic (exact) mass is 510 g/mol. The standard InChI is InChI=1S/C32H42N6/c1-24-8-10-27(11-9-24)31-30(32(37-36-31)28-13-18-33-19-14-28)25(2)12-17-34-23-35-29-15-20-38(21-16-29)22-26-6-4-3-5-7-26/h3-12,17,28-29,33,35H,13-16,18-23H2,1-2H3,(H,36,37)/b25-12+,34-17-. The number of hydrogen-bond acceptors (Lipinski definition) is 5. The molecule has 5 rings (SSSR count). The Bertz CT molecular complexity index is 1200. The Morgan fingerprint density at radius 3 is 2.50 bits per heavy atom. The molecule has 2 aliphatic heterocycles. The number of nitrogens with one attached hydrogen (secondary N) is 3. The lowest BCUT2D eigenvalue weighted by Crippen LogP contribution is -2.42. The third-order valence-electron chi connectivity index (χ3n) is 8.00. The van der Waals surface area contributed by atoms with Gasteiger partial charge in [-0.15, -0.1) is 0 Å². The van der Waals surface area contributed by atoms with Crippen LogP contribution in [0.2, 0.25) is 0 Å². The van der Waals surface area contributed by atoms with Crippen molar-refractivity contribution in [3.05, 3.63) is 83.1 Å². The average Bonchev–Trinajstić information content (AvgIpc) is 3.40. The highest BCUT2D eigenvalue weighted by molar-refractivity contribution is 5.89. The molecule has 3 heterocycles. The molecule has 3 N–H and O–H groups in total. The molecule has 0 radical (unpaired) electrons. The molecule has 3 aromatic rings. The number of hydrogen-bond donors (Lipinski definition) is 3. The van der Waals surface area contributed by atoms with E-state index >= 15 is 0 Å². The van der Waals surface area contributed by atoms with E-state index < -0.39 is 0 Å². The minimum atomic E-state index is 0.507. The van der Waals surface area contributed by atoms with Crippen LogP contribution in [0.1, 0.15) is 60.9 Å². The first-order valence-electron chi connectivity index (χ1n) is 14.2. The van der Waals surface area contributed by atoms with E-state index in [0.29, 0.717) is 18.6 Å². The van der Waals surface area contributed by atoms with Gasteiger partial charge in [-0.2, -0.15) is 5.10 Å². The summed E-state index contributed by atoms with van der Waals surface area (Å²) < 4.78 is 0. The maximum Gasteiger partial charge on any atom is 0.0998 e. The van der Waals surface area contributed by atoms with Crippen molar-refractivity contribution in [1.29, 1.82) is 0 Å². The van der Waals surface area contributed by atoms with Crippen molar-refractivity contribution in [1.82, 2.24) is 25.7 Å². The summed E-state index contributed by atoms with van der Waals surface area (Å²) in [4.78, 5) is 7.25. The predicted molar refractivity (Wildman–Crippen MR) is 158 cm³/mol. The van der Waals surface area contributed by atoms with Crippen LogP contribution >= 0.6 is 0 Å². The number of benzene rings is 2. The number of piperidine rings is 2. The molecule has 0 amide bonds. The molecule has 0 spiro atoms. The summed E-state index contributed by atoms with van der Waals surface area (Å²) >= 11 is 0. The molecular weight excluding hydrogens is 468 g/mol. The van der Waals surface area contributed by atoms with E-state index in [-0.39, 0.29) is 0 Å². The largest absolute Gasteiger partial charge is 0.317 e. The summed E-state index contributed by atoms with van der Waals surface area (Å²) in [5.74, 6) is 0.507. The van der Waals surface area contributed by atoms with Gasteiger partial charge in [0, 0.05) is 41.5 Å². The first kappa shape index (κ1) is 26.5. The van der Waals surface area contributed by atoms with E-state index in [0.717, 1.165) is 56.8 Å². The molecule has 6 nitrogen and oxygen atoms in total. The molecule has 2 saturated heterocycles. The van der Waals surface area contributed by atoms with Gasteiger partial charge < -0.3 is 5.32 Å². The van der Waals surface area contributed by atoms with Crippen LogP contribution in [0.25, 0.3) is 16.8 Å². The molecule has 2 aromatic carbocycles. The molecule has 1 aromatic heterocycles. The van der Waals surface area contributed by atoms with Gasteiger partial charge >= 0.3 is 0 Å². The van der Waals surface area contributed by atoms with Gasteiger partial charge in [-0.25, -0.2) is 0 Å². The summed E-state index contributed by atoms with van der Waals surface area (Å²) in [5.41, 5.74) is 8.58. The van der Waals surface area contributed by atoms with Crippen LogP contribution in [0.15, 0.2) is 65.7 Å². The Morgan fingerprint density at radius 2 is 1.76 bits per heavy atom. The first-order chi connectivity index (χ1) is 18.7. The highest BCUT2D eigenvalue weighted by Crippen LogP contribution is 2.36. The van der Waals surface area contributed by atoms with Crippen molar-refractivity contribution in [2.24, 2.45) is 4.99 Å². The van der Waals surface area contributed by atoms with E-state index in [1.807, 2.05) is 6.21 Å². The van der Waals surface area contributed by atoms with Crippen LogP contribution in [0.5, 0.6) is 0 Å². The lowest BCUT2D eigenvalue weighted by atomic mass is 9.88. The average molecular weight is 511 g/mol. The zero-order valence-electron chi connectivity index (χ0n) is 22.9. The molecule has 0 atom stereocenters. The molecule has 6 heteroatoms. The molecule has 200 valence electrons. The lowest BCUT2D eigenvalue weighted by Gasteiger charge is -2.32. The van der Waals surface area contributed by atoms with Gasteiger partial charge in [0.1, 0.15) is 0 Å². The summed E-state index contributed by atoms with van der Waals surface area (Å²) in [7, 11) is 0. The zero-order valence-corrected chi connectivity index (χ0v) is 22.9. The van der Waals surface area contributed by atoms with Gasteiger partial charge in [-0.05, 0) is 82.9 Å². The van der Waals surface area contributed by atoms with E-state index in [2.05, 4.69) is 95.2 Å². The van der Waals surface area contributed by atoms with Crippen LogP contribution in [0.4, 0.5) is 0 Å². The third-order valence-corrected chi connectivity index (χ3v) is 8.00. The SMILES string of the molecule is C/C(=C\C=N/CNC1CCN(Cc2ccccc2)CC1)c1c(-c2ccc(C)cc2)n[nH]c1C1CCNCC1. The molecule has 38 heavy (non-hydrogen) atoms. The molecule has 0 bridgehead atoms. The maximum absolute atomic E-state index is 4.80. The van der Waals surface area contributed by atoms with Crippen molar-refractivity contribution in [2.75, 3.05) is 32.8 Å². The fourth-order valence-corrected chi connectivity index (χ4v) is 5.70. The zero-order chi connectivity index (χ0) is 26.2. The van der Waals surface area contributed by atoms with Crippen LogP contribution < -0.4 is 10.6 Å². The molecule has 0 saturated carbocycles. The highest BCUT2D eigenvalue weighted by atomic mass is 15.1. The topological polar surface area (TPSA) is 68.3 Å². The van der Waals surface area contributed by atoms with Gasteiger partial charge in [0.15, 0.2) is 0 Å². The number of rotatable bonds is 9. The quantitative estimate of drug-likeness (QED) is 0.331. The summed E-state index contributed by atoms with van der Waals surface area (Å²) in [6, 6.07) is 20.0. The Balaban J connectivity index is 1.19. The Morgan fingerprint density at radius 1 is 1.03 bits per heavy atom. The van der Waals surface area contributed by atoms with Gasteiger partial charge in [-0.1, -0.05) is 60.2 Å². The summed E-state index contributed by atoms with van der Waals surface area (Å²) in [6.45, 7) is 10.4. The minimum Gasteiger partial charge on any atom is -0.317 e. The van der Waals surface area contributed by atoms with Gasteiger partial charge in [0.2, 0.25) is 0 Å². The first-order valence-corrected chi connectivity index (χ1v) is 14.2. The van der Waals surface area contributed by atoms with Crippen LogP contribution in [-0.4, -0.2) is 60.2 Å². The second-order valence-electron chi connectivity index (χ2n) is 10.8. The van der Waals surface area contributed by atoms with Crippen molar-refractivity contribution >= 4 is 11.8 Å². The molecule has 2 fully saturated rings. The van der Waals surface area contributed by atoms with Crippen LogP contribution in [-0.2, 0) is 6.54 Å². The fourth-order valence-electron chi connectivity index (χ4n) is 5.70. The predicted octanol–water partition coefficient (Wildman–Crippen LogP) is 5.54. The van der Waals surface area contributed by atoms with Gasteiger partial charge in [-0.3, -0.25) is 20.3 Å². The van der Waals surface area contributed by atoms with E-state index in [1.54, 1.807) is 0 Å². The Kier molecular flexibility index (Phi) is 9.18. The molecule has 2 aliphatic rings. The van der Waals surface area contributed by atoms with E-state index in [1.165, 1.54) is 40.8 Å². The lowest BCUT2D eigenvalue weighted by molar-refractivity contribution is 0.191. The Labute approximate surface area is 227 Å². The Hall–Kier alpha value is -3.06. The van der Waals surface area contributed by atoms with E-state index in [4.69, 9.17) is 10.1 Å². The van der Waals surface area contributed by atoms with Crippen molar-refractivity contribution in [3.63, 3.8) is 0 Å². The highest BCUT2D eigenvalue weighted by Gasteiger charge is 2.24. The normalized spacial score (nSPS) is 18.4. The maximum atomic E-state index is 4.80. The summed E-state index contributed by atoms with van der Waals surface area (Å²) in [6.07, 6.45) is 8.73. The third kappa shape index (κ3) is 6.87. The van der Waals surface area contributed by atoms with Gasteiger partial charge in [0.05, 0.1) is 12.4 Å². The van der Waals surface area contributed by atoms with Crippen molar-refractivity contribution < 1.29 is 0 Å². The van der Waals surface area contributed by atoms with Crippen molar-refractivity contribution in [3.8, 4) is 11.3 Å². The van der Waals surface area contributed by atoms with Crippen molar-refractivity contribution in [2.45, 2.75) is 58.0 Å². The minimum absolute atomic E-state index is 0.507. The second kappa shape index (κ2) is 13.1. The smallest absolute Gasteiger partial charge is 0.0998 e. The van der Waals surface area contributed by atoms with Crippen LogP contribution in [0, 0.1) is 6.92 Å². The fraction of sp³-hybridized carbons (Fsp3) is 0.438. The second-order valence-corrected chi connectivity index (χ2v) is 10.8. The van der Waals surface area contributed by atoms with Gasteiger partial charge in [0.25, 0.3) is 0 Å². The molecule has 0 aliphatic carbocycles. The number of H-pyrrole nitrogens is 1. The number of allylic oxidation sites excluding steroid dienone is 2.